The Labute approximate surface area is 124 Å². The van der Waals surface area contributed by atoms with Crippen LogP contribution in [0.4, 0.5) is 16.2 Å². The predicted molar refractivity (Wildman–Crippen MR) is 83.4 cm³/mol. The standard InChI is InChI=1S/C15H22N4O2/c1-16-15(21)19-13-4-2-12(3-5-13)18-14(20)10-11-6-8-17-9-7-11/h2-5,11,17H,6-10H2,1H3,(H,18,20)(H2,16,19,21). The molecule has 0 bridgehead atoms. The lowest BCUT2D eigenvalue weighted by Gasteiger charge is -2.21. The van der Waals surface area contributed by atoms with Gasteiger partial charge in [0, 0.05) is 24.8 Å². The summed E-state index contributed by atoms with van der Waals surface area (Å²) in [4.78, 5) is 23.1. The van der Waals surface area contributed by atoms with Gasteiger partial charge >= 0.3 is 6.03 Å². The lowest BCUT2D eigenvalue weighted by atomic mass is 9.94. The van der Waals surface area contributed by atoms with Gasteiger partial charge in [0.05, 0.1) is 0 Å². The summed E-state index contributed by atoms with van der Waals surface area (Å²) < 4.78 is 0. The van der Waals surface area contributed by atoms with Crippen LogP contribution in [0.25, 0.3) is 0 Å². The number of carbonyl (C=O) groups is 2. The lowest BCUT2D eigenvalue weighted by molar-refractivity contribution is -0.117. The minimum atomic E-state index is -0.266. The van der Waals surface area contributed by atoms with Crippen LogP contribution in [-0.4, -0.2) is 32.1 Å². The van der Waals surface area contributed by atoms with E-state index in [2.05, 4.69) is 21.3 Å². The van der Waals surface area contributed by atoms with Crippen molar-refractivity contribution in [3.8, 4) is 0 Å². The number of amides is 3. The number of hydrogen-bond donors (Lipinski definition) is 4. The molecule has 1 heterocycles. The second-order valence-electron chi connectivity index (χ2n) is 5.23. The summed E-state index contributed by atoms with van der Waals surface area (Å²) in [6.45, 7) is 2.00. The lowest BCUT2D eigenvalue weighted by Crippen LogP contribution is -2.30. The van der Waals surface area contributed by atoms with Crippen LogP contribution in [0.15, 0.2) is 24.3 Å². The van der Waals surface area contributed by atoms with E-state index in [1.165, 1.54) is 0 Å². The quantitative estimate of drug-likeness (QED) is 0.682. The van der Waals surface area contributed by atoms with Gasteiger partial charge in [0.2, 0.25) is 5.91 Å². The fraction of sp³-hybridized carbons (Fsp3) is 0.467. The molecule has 6 nitrogen and oxygen atoms in total. The summed E-state index contributed by atoms with van der Waals surface area (Å²) in [6.07, 6.45) is 2.69. The van der Waals surface area contributed by atoms with Crippen molar-refractivity contribution in [2.24, 2.45) is 5.92 Å². The minimum Gasteiger partial charge on any atom is -0.341 e. The monoisotopic (exact) mass is 290 g/mol. The Morgan fingerprint density at radius 2 is 1.67 bits per heavy atom. The molecule has 1 saturated heterocycles. The van der Waals surface area contributed by atoms with Crippen molar-refractivity contribution < 1.29 is 9.59 Å². The molecule has 0 unspecified atom stereocenters. The summed E-state index contributed by atoms with van der Waals surface area (Å²) in [5.41, 5.74) is 1.43. The van der Waals surface area contributed by atoms with Crippen LogP contribution in [0, 0.1) is 5.92 Å². The summed E-state index contributed by atoms with van der Waals surface area (Å²) in [5.74, 6) is 0.523. The van der Waals surface area contributed by atoms with Crippen molar-refractivity contribution in [1.29, 1.82) is 0 Å². The van der Waals surface area contributed by atoms with Crippen molar-refractivity contribution in [3.05, 3.63) is 24.3 Å². The van der Waals surface area contributed by atoms with Crippen LogP contribution >= 0.6 is 0 Å². The maximum Gasteiger partial charge on any atom is 0.318 e. The maximum atomic E-state index is 12.0. The molecule has 1 aromatic carbocycles. The molecule has 0 aromatic heterocycles. The predicted octanol–water partition coefficient (Wildman–Crippen LogP) is 1.77. The first-order chi connectivity index (χ1) is 10.2. The third-order valence-electron chi connectivity index (χ3n) is 3.59. The van der Waals surface area contributed by atoms with Gasteiger partial charge in [-0.05, 0) is 56.1 Å². The summed E-state index contributed by atoms with van der Waals surface area (Å²) >= 11 is 0. The van der Waals surface area contributed by atoms with Crippen LogP contribution in [0.3, 0.4) is 0 Å². The highest BCUT2D eigenvalue weighted by Gasteiger charge is 2.16. The Morgan fingerprint density at radius 3 is 2.24 bits per heavy atom. The Balaban J connectivity index is 1.81. The molecule has 0 saturated carbocycles. The first-order valence-corrected chi connectivity index (χ1v) is 7.27. The Morgan fingerprint density at radius 1 is 1.10 bits per heavy atom. The molecule has 1 aliphatic rings. The molecule has 1 aromatic rings. The van der Waals surface area contributed by atoms with Crippen molar-refractivity contribution >= 4 is 23.3 Å². The second-order valence-corrected chi connectivity index (χ2v) is 5.23. The minimum absolute atomic E-state index is 0.0499. The van der Waals surface area contributed by atoms with Crippen molar-refractivity contribution in [1.82, 2.24) is 10.6 Å². The van der Waals surface area contributed by atoms with Crippen LogP contribution < -0.4 is 21.3 Å². The molecule has 21 heavy (non-hydrogen) atoms. The van der Waals surface area contributed by atoms with Gasteiger partial charge in [0.15, 0.2) is 0 Å². The SMILES string of the molecule is CNC(=O)Nc1ccc(NC(=O)CC2CCNCC2)cc1. The molecule has 3 amide bonds. The van der Waals surface area contributed by atoms with Gasteiger partial charge in [0.1, 0.15) is 0 Å². The highest BCUT2D eigenvalue weighted by Crippen LogP contribution is 2.18. The van der Waals surface area contributed by atoms with Crippen LogP contribution in [0.5, 0.6) is 0 Å². The largest absolute Gasteiger partial charge is 0.341 e. The molecule has 0 aliphatic carbocycles. The van der Waals surface area contributed by atoms with Gasteiger partial charge in [-0.1, -0.05) is 0 Å². The fourth-order valence-electron chi connectivity index (χ4n) is 2.39. The number of urea groups is 1. The van der Waals surface area contributed by atoms with Crippen LogP contribution in [0.2, 0.25) is 0 Å². The van der Waals surface area contributed by atoms with Gasteiger partial charge in [-0.15, -0.1) is 0 Å². The molecule has 0 spiro atoms. The molecule has 0 atom stereocenters. The number of anilines is 2. The van der Waals surface area contributed by atoms with Gasteiger partial charge in [-0.25, -0.2) is 4.79 Å². The van der Waals surface area contributed by atoms with E-state index in [1.807, 2.05) is 0 Å². The number of nitrogens with one attached hydrogen (secondary N) is 4. The molecular formula is C15H22N4O2. The van der Waals surface area contributed by atoms with Gasteiger partial charge in [0.25, 0.3) is 0 Å². The summed E-state index contributed by atoms with van der Waals surface area (Å²) in [5, 5.41) is 11.3. The topological polar surface area (TPSA) is 82.3 Å². The Bertz CT molecular complexity index is 481. The van der Waals surface area contributed by atoms with Crippen LogP contribution in [0.1, 0.15) is 19.3 Å². The molecule has 0 radical (unpaired) electrons. The Hall–Kier alpha value is -2.08. The molecular weight excluding hydrogens is 268 g/mol. The average Bonchev–Trinajstić information content (AvgIpc) is 2.50. The van der Waals surface area contributed by atoms with E-state index >= 15 is 0 Å². The molecule has 4 N–H and O–H groups in total. The number of hydrogen-bond acceptors (Lipinski definition) is 3. The third kappa shape index (κ3) is 5.07. The van der Waals surface area contributed by atoms with E-state index in [-0.39, 0.29) is 11.9 Å². The zero-order valence-corrected chi connectivity index (χ0v) is 12.2. The fourth-order valence-corrected chi connectivity index (χ4v) is 2.39. The van der Waals surface area contributed by atoms with Crippen molar-refractivity contribution in [3.63, 3.8) is 0 Å². The van der Waals surface area contributed by atoms with E-state index in [1.54, 1.807) is 31.3 Å². The number of piperidine rings is 1. The smallest absolute Gasteiger partial charge is 0.318 e. The first kappa shape index (κ1) is 15.3. The molecule has 114 valence electrons. The second kappa shape index (κ2) is 7.64. The van der Waals surface area contributed by atoms with E-state index in [0.29, 0.717) is 18.0 Å². The zero-order valence-electron chi connectivity index (χ0n) is 12.2. The molecule has 1 aliphatic heterocycles. The van der Waals surface area contributed by atoms with Crippen molar-refractivity contribution in [2.75, 3.05) is 30.8 Å². The Kier molecular flexibility index (Phi) is 5.57. The maximum absolute atomic E-state index is 12.0. The van der Waals surface area contributed by atoms with E-state index in [0.717, 1.165) is 31.6 Å². The van der Waals surface area contributed by atoms with Gasteiger partial charge in [-0.3, -0.25) is 4.79 Å². The van der Waals surface area contributed by atoms with E-state index < -0.39 is 0 Å². The third-order valence-corrected chi connectivity index (χ3v) is 3.59. The highest BCUT2D eigenvalue weighted by molar-refractivity contribution is 5.92. The number of benzene rings is 1. The normalized spacial score (nSPS) is 15.3. The highest BCUT2D eigenvalue weighted by atomic mass is 16.2. The summed E-state index contributed by atoms with van der Waals surface area (Å²) in [6, 6.07) is 6.82. The summed E-state index contributed by atoms with van der Waals surface area (Å²) in [7, 11) is 1.56. The average molecular weight is 290 g/mol. The number of carbonyl (C=O) groups excluding carboxylic acids is 2. The molecule has 2 rings (SSSR count). The van der Waals surface area contributed by atoms with Gasteiger partial charge < -0.3 is 21.3 Å². The molecule has 6 heteroatoms. The van der Waals surface area contributed by atoms with E-state index in [4.69, 9.17) is 0 Å². The van der Waals surface area contributed by atoms with E-state index in [9.17, 15) is 9.59 Å². The van der Waals surface area contributed by atoms with Gasteiger partial charge in [-0.2, -0.15) is 0 Å². The number of rotatable bonds is 4. The van der Waals surface area contributed by atoms with Crippen LogP contribution in [-0.2, 0) is 4.79 Å². The molecule has 1 fully saturated rings. The zero-order chi connectivity index (χ0) is 15.1. The van der Waals surface area contributed by atoms with Crippen molar-refractivity contribution in [2.45, 2.75) is 19.3 Å². The first-order valence-electron chi connectivity index (χ1n) is 7.27.